The van der Waals surface area contributed by atoms with Gasteiger partial charge in [-0.1, -0.05) is 18.2 Å². The highest BCUT2D eigenvalue weighted by molar-refractivity contribution is 7.86. The van der Waals surface area contributed by atoms with E-state index in [9.17, 15) is 28.6 Å². The van der Waals surface area contributed by atoms with E-state index in [0.29, 0.717) is 0 Å². The van der Waals surface area contributed by atoms with Crippen LogP contribution in [0.1, 0.15) is 12.5 Å². The van der Waals surface area contributed by atoms with Crippen molar-refractivity contribution in [3.8, 4) is 0 Å². The van der Waals surface area contributed by atoms with E-state index in [0.717, 1.165) is 19.1 Å². The van der Waals surface area contributed by atoms with E-state index in [2.05, 4.69) is 4.18 Å². The van der Waals surface area contributed by atoms with Crippen LogP contribution in [0.2, 0.25) is 0 Å². The van der Waals surface area contributed by atoms with Crippen molar-refractivity contribution in [1.29, 1.82) is 0 Å². The van der Waals surface area contributed by atoms with Gasteiger partial charge in [-0.25, -0.2) is 0 Å². The highest BCUT2D eigenvalue weighted by Crippen LogP contribution is 2.29. The van der Waals surface area contributed by atoms with Gasteiger partial charge in [-0.2, -0.15) is 8.42 Å². The summed E-state index contributed by atoms with van der Waals surface area (Å²) in [7, 11) is -4.40. The Morgan fingerprint density at radius 2 is 1.63 bits per heavy atom. The van der Waals surface area contributed by atoms with E-state index in [4.69, 9.17) is 0 Å². The molecule has 0 radical (unpaired) electrons. The molecule has 0 amide bonds. The highest BCUT2D eigenvalue weighted by atomic mass is 32.2. The zero-order valence-electron chi connectivity index (χ0n) is 9.75. The summed E-state index contributed by atoms with van der Waals surface area (Å²) < 4.78 is 27.0. The highest BCUT2D eigenvalue weighted by Gasteiger charge is 2.64. The molecule has 9 nitrogen and oxygen atoms in total. The van der Waals surface area contributed by atoms with Gasteiger partial charge in [-0.3, -0.25) is 20.2 Å². The smallest absolute Gasteiger partial charge is 0.256 e. The third-order valence-electron chi connectivity index (χ3n) is 2.24. The zero-order chi connectivity index (χ0) is 14.7. The fraction of sp³-hybridized carbons (Fsp3) is 0.333. The number of nitro groups is 2. The second-order valence-electron chi connectivity index (χ2n) is 3.42. The lowest BCUT2D eigenvalue weighted by Gasteiger charge is -2.15. The molecule has 10 heteroatoms. The third kappa shape index (κ3) is 2.85. The van der Waals surface area contributed by atoms with Gasteiger partial charge >= 0.3 is 5.85 Å². The second kappa shape index (κ2) is 5.28. The van der Waals surface area contributed by atoms with Crippen molar-refractivity contribution in [1.82, 2.24) is 0 Å². The van der Waals surface area contributed by atoms with Crippen molar-refractivity contribution in [2.75, 3.05) is 5.75 Å². The Hall–Kier alpha value is -2.07. The van der Waals surface area contributed by atoms with Gasteiger partial charge in [0.15, 0.2) is 0 Å². The molecule has 0 unspecified atom stereocenters. The molecule has 0 spiro atoms. The van der Waals surface area contributed by atoms with Crippen LogP contribution in [-0.4, -0.2) is 24.0 Å². The molecule has 0 saturated heterocycles. The normalized spacial score (nSPS) is 12.1. The number of benzene rings is 1. The monoisotopic (exact) mass is 290 g/mol. The predicted molar refractivity (Wildman–Crippen MR) is 62.7 cm³/mol. The van der Waals surface area contributed by atoms with Gasteiger partial charge in [0.1, 0.15) is 15.4 Å². The summed E-state index contributed by atoms with van der Waals surface area (Å²) >= 11 is 0. The summed E-state index contributed by atoms with van der Waals surface area (Å²) in [6.07, 6.45) is 0. The first-order valence-electron chi connectivity index (χ1n) is 5.04. The molecule has 19 heavy (non-hydrogen) atoms. The van der Waals surface area contributed by atoms with Gasteiger partial charge in [0.2, 0.25) is 0 Å². The van der Waals surface area contributed by atoms with Crippen molar-refractivity contribution in [2.45, 2.75) is 12.8 Å². The Labute approximate surface area is 108 Å². The second-order valence-corrected chi connectivity index (χ2v) is 5.28. The SMILES string of the molecule is CCS(=O)(=O)OC(c1ccccc1)([N+](=O)[O-])[N+](=O)[O-]. The molecular weight excluding hydrogens is 280 g/mol. The van der Waals surface area contributed by atoms with Gasteiger partial charge in [-0.15, -0.1) is 4.18 Å². The molecule has 0 atom stereocenters. The summed E-state index contributed by atoms with van der Waals surface area (Å²) in [6, 6.07) is 6.19. The van der Waals surface area contributed by atoms with Crippen molar-refractivity contribution >= 4 is 10.1 Å². The Balaban J connectivity index is 3.49. The topological polar surface area (TPSA) is 130 Å². The van der Waals surface area contributed by atoms with Gasteiger partial charge in [0, 0.05) is 0 Å². The minimum atomic E-state index is -4.40. The van der Waals surface area contributed by atoms with E-state index in [1.54, 1.807) is 0 Å². The van der Waals surface area contributed by atoms with E-state index in [1.807, 2.05) is 0 Å². The molecule has 0 aliphatic rings. The fourth-order valence-corrected chi connectivity index (χ4v) is 1.97. The fourth-order valence-electron chi connectivity index (χ4n) is 1.28. The van der Waals surface area contributed by atoms with Crippen LogP contribution >= 0.6 is 0 Å². The molecule has 0 heterocycles. The first kappa shape index (κ1) is 15.0. The van der Waals surface area contributed by atoms with Gasteiger partial charge < -0.3 is 0 Å². The maximum absolute atomic E-state index is 11.4. The lowest BCUT2D eigenvalue weighted by molar-refractivity contribution is -0.854. The molecule has 0 aliphatic carbocycles. The van der Waals surface area contributed by atoms with Crippen molar-refractivity contribution in [3.63, 3.8) is 0 Å². The van der Waals surface area contributed by atoms with Crippen LogP contribution in [0.25, 0.3) is 0 Å². The van der Waals surface area contributed by atoms with Crippen LogP contribution in [-0.2, 0) is 20.2 Å². The first-order valence-corrected chi connectivity index (χ1v) is 6.62. The van der Waals surface area contributed by atoms with Crippen LogP contribution in [0.4, 0.5) is 0 Å². The van der Waals surface area contributed by atoms with Crippen LogP contribution in [0.3, 0.4) is 0 Å². The summed E-state index contributed by atoms with van der Waals surface area (Å²) in [5, 5.41) is 22.1. The largest absolute Gasteiger partial charge is 0.620 e. The maximum atomic E-state index is 11.4. The Morgan fingerprint density at radius 3 is 2.00 bits per heavy atom. The maximum Gasteiger partial charge on any atom is 0.620 e. The van der Waals surface area contributed by atoms with E-state index in [1.165, 1.54) is 18.2 Å². The molecule has 0 aromatic heterocycles. The zero-order valence-corrected chi connectivity index (χ0v) is 10.6. The molecule has 0 aliphatic heterocycles. The standard InChI is InChI=1S/C9H10N2O7S/c1-2-19(16,17)18-9(10(12)13,11(14)15)8-6-4-3-5-7-8/h3-7H,2H2,1H3. The summed E-state index contributed by atoms with van der Waals surface area (Å²) in [6.45, 7) is 1.16. The molecule has 1 rings (SSSR count). The molecule has 1 aromatic carbocycles. The minimum Gasteiger partial charge on any atom is -0.256 e. The van der Waals surface area contributed by atoms with Crippen LogP contribution in [0, 0.1) is 20.2 Å². The first-order chi connectivity index (χ1) is 8.76. The molecular formula is C9H10N2O7S. The van der Waals surface area contributed by atoms with Gasteiger partial charge in [0.05, 0.1) is 5.75 Å². The number of hydrogen-bond donors (Lipinski definition) is 0. The molecule has 104 valence electrons. The van der Waals surface area contributed by atoms with Gasteiger partial charge in [-0.05, 0) is 19.1 Å². The average Bonchev–Trinajstić information content (AvgIpc) is 2.36. The summed E-state index contributed by atoms with van der Waals surface area (Å²) in [4.78, 5) is 19.3. The lowest BCUT2D eigenvalue weighted by atomic mass is 10.1. The summed E-state index contributed by atoms with van der Waals surface area (Å²) in [5.74, 6) is -3.99. The predicted octanol–water partition coefficient (Wildman–Crippen LogP) is 0.717. The number of rotatable bonds is 6. The van der Waals surface area contributed by atoms with Crippen LogP contribution in [0.5, 0.6) is 0 Å². The lowest BCUT2D eigenvalue weighted by Crippen LogP contribution is -2.47. The average molecular weight is 290 g/mol. The molecule has 1 aromatic rings. The number of hydrogen-bond acceptors (Lipinski definition) is 7. The van der Waals surface area contributed by atoms with E-state index in [-0.39, 0.29) is 0 Å². The molecule has 0 bridgehead atoms. The minimum absolute atomic E-state index is 0.484. The Bertz CT molecular complexity index is 570. The van der Waals surface area contributed by atoms with Crippen molar-refractivity contribution in [3.05, 3.63) is 56.1 Å². The van der Waals surface area contributed by atoms with E-state index >= 15 is 0 Å². The molecule has 0 N–H and O–H groups in total. The van der Waals surface area contributed by atoms with Crippen molar-refractivity contribution in [2.24, 2.45) is 0 Å². The third-order valence-corrected chi connectivity index (χ3v) is 3.43. The van der Waals surface area contributed by atoms with Crippen molar-refractivity contribution < 1.29 is 22.4 Å². The molecule has 0 fully saturated rings. The van der Waals surface area contributed by atoms with Crippen LogP contribution < -0.4 is 0 Å². The Morgan fingerprint density at radius 1 is 1.16 bits per heavy atom. The van der Waals surface area contributed by atoms with Crippen LogP contribution in [0.15, 0.2) is 30.3 Å². The van der Waals surface area contributed by atoms with Gasteiger partial charge in [0.25, 0.3) is 10.1 Å². The quantitative estimate of drug-likeness (QED) is 0.326. The Kier molecular flexibility index (Phi) is 4.17. The van der Waals surface area contributed by atoms with E-state index < -0.39 is 37.1 Å². The molecule has 0 saturated carbocycles. The number of nitrogens with zero attached hydrogens (tertiary/aromatic N) is 2. The summed E-state index contributed by atoms with van der Waals surface area (Å²) in [5.41, 5.74) is -0.484.